The third-order valence-corrected chi connectivity index (χ3v) is 4.74. The molecule has 0 aliphatic heterocycles. The SMILES string of the molecule is C=CCOCCOC(=O)C(C)OC(=O)c1cc(-n2c(=O)cc(C(F)(F)F)n(C)c2=O)c(F)cc1Cl. The third-order valence-electron chi connectivity index (χ3n) is 4.43. The summed E-state index contributed by atoms with van der Waals surface area (Å²) in [5, 5.41) is -0.508. The molecule has 1 unspecified atom stereocenters. The van der Waals surface area contributed by atoms with Crippen molar-refractivity contribution in [2.75, 3.05) is 19.8 Å². The van der Waals surface area contributed by atoms with Gasteiger partial charge in [0.25, 0.3) is 5.56 Å². The lowest BCUT2D eigenvalue weighted by Crippen LogP contribution is -2.41. The van der Waals surface area contributed by atoms with Crippen LogP contribution in [0.1, 0.15) is 23.0 Å². The highest BCUT2D eigenvalue weighted by molar-refractivity contribution is 6.33. The van der Waals surface area contributed by atoms with Crippen LogP contribution < -0.4 is 11.2 Å². The molecule has 1 aromatic heterocycles. The highest BCUT2D eigenvalue weighted by Gasteiger charge is 2.35. The molecule has 1 aromatic carbocycles. The van der Waals surface area contributed by atoms with E-state index in [1.165, 1.54) is 13.0 Å². The Morgan fingerprint density at radius 1 is 1.20 bits per heavy atom. The van der Waals surface area contributed by atoms with Gasteiger partial charge < -0.3 is 14.2 Å². The molecule has 0 aliphatic carbocycles. The molecule has 2 rings (SSSR count). The molecule has 0 fully saturated rings. The van der Waals surface area contributed by atoms with Crippen molar-refractivity contribution >= 4 is 23.5 Å². The molecule has 2 aromatic rings. The molecule has 190 valence electrons. The Morgan fingerprint density at radius 2 is 1.86 bits per heavy atom. The largest absolute Gasteiger partial charge is 0.461 e. The van der Waals surface area contributed by atoms with Gasteiger partial charge in [0.15, 0.2) is 6.10 Å². The zero-order chi connectivity index (χ0) is 26.5. The molecule has 0 saturated carbocycles. The summed E-state index contributed by atoms with van der Waals surface area (Å²) in [4.78, 5) is 49.2. The first-order valence-electron chi connectivity index (χ1n) is 9.75. The van der Waals surface area contributed by atoms with Crippen LogP contribution in [0.25, 0.3) is 5.69 Å². The van der Waals surface area contributed by atoms with Crippen molar-refractivity contribution in [3.05, 3.63) is 73.8 Å². The van der Waals surface area contributed by atoms with E-state index in [2.05, 4.69) is 6.58 Å². The maximum absolute atomic E-state index is 14.6. The van der Waals surface area contributed by atoms with E-state index in [0.717, 1.165) is 7.05 Å². The molecule has 0 saturated heterocycles. The number of ether oxygens (including phenoxy) is 3. The Bertz CT molecular complexity index is 1250. The highest BCUT2D eigenvalue weighted by Crippen LogP contribution is 2.28. The topological polar surface area (TPSA) is 106 Å². The van der Waals surface area contributed by atoms with E-state index in [1.54, 1.807) is 0 Å². The van der Waals surface area contributed by atoms with E-state index in [4.69, 9.17) is 25.8 Å². The predicted molar refractivity (Wildman–Crippen MR) is 114 cm³/mol. The van der Waals surface area contributed by atoms with Gasteiger partial charge in [-0.05, 0) is 19.1 Å². The molecule has 0 N–H and O–H groups in total. The van der Waals surface area contributed by atoms with Crippen molar-refractivity contribution in [2.45, 2.75) is 19.2 Å². The lowest BCUT2D eigenvalue weighted by atomic mass is 10.2. The van der Waals surface area contributed by atoms with Crippen LogP contribution >= 0.6 is 11.6 Å². The van der Waals surface area contributed by atoms with Gasteiger partial charge in [-0.2, -0.15) is 13.2 Å². The van der Waals surface area contributed by atoms with Crippen molar-refractivity contribution in [1.82, 2.24) is 9.13 Å². The number of esters is 2. The normalized spacial score (nSPS) is 12.2. The fraction of sp³-hybridized carbons (Fsp3) is 0.333. The van der Waals surface area contributed by atoms with Gasteiger partial charge in [-0.25, -0.2) is 23.3 Å². The molecule has 14 heteroatoms. The minimum Gasteiger partial charge on any atom is -0.461 e. The monoisotopic (exact) mass is 522 g/mol. The summed E-state index contributed by atoms with van der Waals surface area (Å²) >= 11 is 5.87. The third kappa shape index (κ3) is 6.57. The van der Waals surface area contributed by atoms with Crippen molar-refractivity contribution in [2.24, 2.45) is 7.05 Å². The van der Waals surface area contributed by atoms with Crippen LogP contribution in [0.4, 0.5) is 17.6 Å². The van der Waals surface area contributed by atoms with Crippen molar-refractivity contribution < 1.29 is 41.4 Å². The zero-order valence-corrected chi connectivity index (χ0v) is 19.1. The zero-order valence-electron chi connectivity index (χ0n) is 18.4. The number of hydrogen-bond donors (Lipinski definition) is 0. The van der Waals surface area contributed by atoms with Gasteiger partial charge in [0.1, 0.15) is 18.1 Å². The minimum atomic E-state index is -5.03. The molecule has 0 aliphatic rings. The molecule has 35 heavy (non-hydrogen) atoms. The molecular formula is C21H19ClF4N2O7. The van der Waals surface area contributed by atoms with E-state index in [0.29, 0.717) is 12.1 Å². The van der Waals surface area contributed by atoms with Gasteiger partial charge in [-0.3, -0.25) is 9.36 Å². The Labute approximate surface area is 200 Å². The van der Waals surface area contributed by atoms with Gasteiger partial charge in [0, 0.05) is 13.1 Å². The van der Waals surface area contributed by atoms with Crippen molar-refractivity contribution in [1.29, 1.82) is 0 Å². The molecule has 0 spiro atoms. The van der Waals surface area contributed by atoms with Crippen LogP contribution in [-0.4, -0.2) is 47.0 Å². The summed E-state index contributed by atoms with van der Waals surface area (Å²) < 4.78 is 68.8. The molecule has 9 nitrogen and oxygen atoms in total. The number of benzene rings is 1. The number of alkyl halides is 3. The lowest BCUT2D eigenvalue weighted by molar-refractivity contribution is -0.154. The fourth-order valence-electron chi connectivity index (χ4n) is 2.74. The molecule has 0 bridgehead atoms. The maximum Gasteiger partial charge on any atom is 0.431 e. The van der Waals surface area contributed by atoms with Crippen LogP contribution in [0.2, 0.25) is 5.02 Å². The van der Waals surface area contributed by atoms with Crippen LogP contribution in [0.5, 0.6) is 0 Å². The number of rotatable bonds is 9. The molecule has 0 radical (unpaired) electrons. The van der Waals surface area contributed by atoms with E-state index >= 15 is 0 Å². The molecule has 1 heterocycles. The number of nitrogens with zero attached hydrogens (tertiary/aromatic N) is 2. The number of hydrogen-bond acceptors (Lipinski definition) is 7. The summed E-state index contributed by atoms with van der Waals surface area (Å²) in [6, 6.07) is 1.32. The number of carbonyl (C=O) groups excluding carboxylic acids is 2. The van der Waals surface area contributed by atoms with Gasteiger partial charge in [-0.15, -0.1) is 6.58 Å². The quantitative estimate of drug-likeness (QED) is 0.216. The minimum absolute atomic E-state index is 0.0580. The Kier molecular flexibility index (Phi) is 8.99. The van der Waals surface area contributed by atoms with Gasteiger partial charge in [0.2, 0.25) is 0 Å². The summed E-state index contributed by atoms with van der Waals surface area (Å²) in [5.41, 5.74) is -6.00. The molecular weight excluding hydrogens is 504 g/mol. The summed E-state index contributed by atoms with van der Waals surface area (Å²) in [6.07, 6.45) is -4.97. The van der Waals surface area contributed by atoms with Crippen LogP contribution in [0.3, 0.4) is 0 Å². The van der Waals surface area contributed by atoms with Gasteiger partial charge in [-0.1, -0.05) is 17.7 Å². The Hall–Kier alpha value is -3.45. The maximum atomic E-state index is 14.6. The fourth-order valence-corrected chi connectivity index (χ4v) is 2.97. The van der Waals surface area contributed by atoms with Crippen molar-refractivity contribution in [3.63, 3.8) is 0 Å². The number of carbonyl (C=O) groups is 2. The van der Waals surface area contributed by atoms with E-state index in [9.17, 15) is 36.7 Å². The standard InChI is InChI=1S/C21H19ClF4N2O7/c1-4-5-33-6-7-34-18(30)11(2)35-19(31)12-8-15(14(23)9-13(12)22)28-17(29)10-16(21(24,25)26)27(3)20(28)32/h4,8-11H,1,5-7H2,2-3H3. The van der Waals surface area contributed by atoms with Crippen LogP contribution in [0, 0.1) is 5.82 Å². The number of aromatic nitrogens is 2. The lowest BCUT2D eigenvalue weighted by Gasteiger charge is -2.16. The molecule has 1 atom stereocenters. The summed E-state index contributed by atoms with van der Waals surface area (Å²) in [6.45, 7) is 4.77. The average molecular weight is 523 g/mol. The van der Waals surface area contributed by atoms with E-state index in [1.807, 2.05) is 0 Å². The Balaban J connectivity index is 2.35. The van der Waals surface area contributed by atoms with E-state index < -0.39 is 63.3 Å². The first-order chi connectivity index (χ1) is 16.3. The number of halogens is 5. The van der Waals surface area contributed by atoms with Gasteiger partial charge >= 0.3 is 23.8 Å². The second kappa shape index (κ2) is 11.3. The molecule has 0 amide bonds. The summed E-state index contributed by atoms with van der Waals surface area (Å²) in [7, 11) is 0.736. The second-order valence-corrected chi connectivity index (χ2v) is 7.31. The average Bonchev–Trinajstić information content (AvgIpc) is 2.76. The van der Waals surface area contributed by atoms with E-state index in [-0.39, 0.29) is 35.0 Å². The highest BCUT2D eigenvalue weighted by atomic mass is 35.5. The first-order valence-corrected chi connectivity index (χ1v) is 10.1. The predicted octanol–water partition coefficient (Wildman–Crippen LogP) is 2.64. The van der Waals surface area contributed by atoms with Crippen molar-refractivity contribution in [3.8, 4) is 5.69 Å². The first kappa shape index (κ1) is 27.8. The smallest absolute Gasteiger partial charge is 0.431 e. The van der Waals surface area contributed by atoms with Gasteiger partial charge in [0.05, 0.1) is 29.5 Å². The second-order valence-electron chi connectivity index (χ2n) is 6.90. The summed E-state index contributed by atoms with van der Waals surface area (Å²) in [5.74, 6) is -3.47. The van der Waals surface area contributed by atoms with Crippen LogP contribution in [-0.2, 0) is 32.2 Å². The van der Waals surface area contributed by atoms with Crippen LogP contribution in [0.15, 0.2) is 40.4 Å². The Morgan fingerprint density at radius 3 is 2.46 bits per heavy atom.